The fourth-order valence-electron chi connectivity index (χ4n) is 0.940. The fraction of sp³-hybridized carbons (Fsp3) is 0.692. The summed E-state index contributed by atoms with van der Waals surface area (Å²) in [6.45, 7) is -0.247. The second-order valence-electron chi connectivity index (χ2n) is 4.73. The predicted molar refractivity (Wildman–Crippen MR) is 89.4 cm³/mol. The van der Waals surface area contributed by atoms with Gasteiger partial charge in [0.05, 0.1) is 26.1 Å². The molecule has 0 radical (unpaired) electrons. The number of nitrogens with one attached hydrogen (secondary N) is 2. The highest BCUT2D eigenvalue weighted by Gasteiger charge is 2.09. The van der Waals surface area contributed by atoms with Crippen molar-refractivity contribution in [3.8, 4) is 0 Å². The minimum atomic E-state index is -1.08. The first kappa shape index (κ1) is 28.3. The fourth-order valence-corrected chi connectivity index (χ4v) is 0.940. The van der Waals surface area contributed by atoms with Gasteiger partial charge in [0.1, 0.15) is 12.1 Å². The molecule has 12 N–H and O–H groups in total. The third-order valence-corrected chi connectivity index (χ3v) is 2.30. The number of rotatable bonds is 10. The van der Waals surface area contributed by atoms with Crippen LogP contribution in [-0.4, -0.2) is 86.4 Å². The molecule has 0 saturated heterocycles. The van der Waals surface area contributed by atoms with Crippen LogP contribution in [0.4, 0.5) is 0 Å². The second kappa shape index (κ2) is 18.9. The SMILES string of the molecule is N=C(N)NCCCC(N)C(=O)O.O=C(O)CCC(=O)O.OCC(O)CO. The molecule has 0 saturated carbocycles. The lowest BCUT2D eigenvalue weighted by Crippen LogP contribution is -2.34. The van der Waals surface area contributed by atoms with Crippen molar-refractivity contribution < 1.29 is 45.0 Å². The molecule has 0 aliphatic carbocycles. The number of carboxylic acid groups (broad SMARTS) is 3. The molecule has 0 rings (SSSR count). The Morgan fingerprint density at radius 3 is 1.65 bits per heavy atom. The summed E-state index contributed by atoms with van der Waals surface area (Å²) in [6, 6.07) is -0.821. The van der Waals surface area contributed by atoms with Gasteiger partial charge in [0.15, 0.2) is 5.96 Å². The standard InChI is InChI=1S/C6H14N4O2.C4H6O4.C3H8O3/c7-4(5(11)12)2-1-3-10-6(8)9;5-3(6)1-2-4(7)8;4-1-3(6)2-5/h4H,1-3,7H2,(H,11,12)(H4,8,9,10);1-2H2,(H,5,6)(H,7,8);3-6H,1-2H2. The molecule has 0 aromatic carbocycles. The van der Waals surface area contributed by atoms with Crippen molar-refractivity contribution in [1.82, 2.24) is 5.32 Å². The van der Waals surface area contributed by atoms with Crippen LogP contribution in [0.2, 0.25) is 0 Å². The van der Waals surface area contributed by atoms with Crippen LogP contribution in [0.5, 0.6) is 0 Å². The summed E-state index contributed by atoms with van der Waals surface area (Å²) >= 11 is 0. The highest BCUT2D eigenvalue weighted by Crippen LogP contribution is 1.92. The molecule has 0 aliphatic rings. The van der Waals surface area contributed by atoms with Gasteiger partial charge >= 0.3 is 17.9 Å². The van der Waals surface area contributed by atoms with Crippen molar-refractivity contribution >= 4 is 23.9 Å². The number of carbonyl (C=O) groups is 3. The number of aliphatic hydroxyl groups is 3. The van der Waals surface area contributed by atoms with Crippen LogP contribution >= 0.6 is 0 Å². The molecular formula is C13H28N4O9. The van der Waals surface area contributed by atoms with E-state index in [1.165, 1.54) is 0 Å². The van der Waals surface area contributed by atoms with Crippen molar-refractivity contribution in [3.05, 3.63) is 0 Å². The number of guanidine groups is 1. The Balaban J connectivity index is -0.000000328. The molecule has 0 aromatic rings. The van der Waals surface area contributed by atoms with Gasteiger partial charge < -0.3 is 47.4 Å². The van der Waals surface area contributed by atoms with E-state index in [1.807, 2.05) is 0 Å². The summed E-state index contributed by atoms with van der Waals surface area (Å²) in [5.74, 6) is -3.27. The molecule has 1 unspecified atom stereocenters. The Hall–Kier alpha value is -2.48. The number of aliphatic carboxylic acids is 3. The third-order valence-electron chi connectivity index (χ3n) is 2.30. The zero-order valence-corrected chi connectivity index (χ0v) is 14.2. The minimum Gasteiger partial charge on any atom is -0.481 e. The van der Waals surface area contributed by atoms with Gasteiger partial charge in [0.2, 0.25) is 0 Å². The molecule has 0 aliphatic heterocycles. The Morgan fingerprint density at radius 2 is 1.42 bits per heavy atom. The lowest BCUT2D eigenvalue weighted by Gasteiger charge is -2.06. The number of hydrogen-bond acceptors (Lipinski definition) is 8. The normalized spacial score (nSPS) is 10.5. The van der Waals surface area contributed by atoms with Crippen molar-refractivity contribution in [1.29, 1.82) is 5.41 Å². The van der Waals surface area contributed by atoms with Crippen molar-refractivity contribution in [2.24, 2.45) is 11.5 Å². The van der Waals surface area contributed by atoms with E-state index in [4.69, 9.17) is 47.5 Å². The molecule has 13 nitrogen and oxygen atoms in total. The Morgan fingerprint density at radius 1 is 1.00 bits per heavy atom. The summed E-state index contributed by atoms with van der Waals surface area (Å²) in [5.41, 5.74) is 10.2. The Labute approximate surface area is 149 Å². The first-order valence-electron chi connectivity index (χ1n) is 7.37. The van der Waals surface area contributed by atoms with E-state index >= 15 is 0 Å². The minimum absolute atomic E-state index is 0.112. The van der Waals surface area contributed by atoms with Crippen LogP contribution in [0.1, 0.15) is 25.7 Å². The molecule has 0 fully saturated rings. The Bertz CT molecular complexity index is 402. The average Bonchev–Trinajstić information content (AvgIpc) is 2.56. The highest BCUT2D eigenvalue weighted by atomic mass is 16.4. The van der Waals surface area contributed by atoms with Crippen LogP contribution in [-0.2, 0) is 14.4 Å². The maximum absolute atomic E-state index is 10.2. The molecule has 0 amide bonds. The Kier molecular flexibility index (Phi) is 20.5. The molecule has 1 atom stereocenters. The van der Waals surface area contributed by atoms with Gasteiger partial charge in [-0.1, -0.05) is 0 Å². The summed E-state index contributed by atoms with van der Waals surface area (Å²) in [7, 11) is 0. The van der Waals surface area contributed by atoms with E-state index in [2.05, 4.69) is 5.32 Å². The zero-order valence-electron chi connectivity index (χ0n) is 14.2. The van der Waals surface area contributed by atoms with E-state index in [9.17, 15) is 14.4 Å². The molecule has 0 bridgehead atoms. The number of aliphatic hydroxyl groups excluding tert-OH is 3. The predicted octanol–water partition coefficient (Wildman–Crippen LogP) is -3.07. The van der Waals surface area contributed by atoms with E-state index in [-0.39, 0.29) is 32.0 Å². The maximum Gasteiger partial charge on any atom is 0.320 e. The van der Waals surface area contributed by atoms with Crippen LogP contribution in [0.3, 0.4) is 0 Å². The van der Waals surface area contributed by atoms with Crippen LogP contribution in [0.25, 0.3) is 0 Å². The molecule has 0 heterocycles. The van der Waals surface area contributed by atoms with E-state index in [1.54, 1.807) is 0 Å². The molecular weight excluding hydrogens is 356 g/mol. The first-order valence-corrected chi connectivity index (χ1v) is 7.37. The summed E-state index contributed by atoms with van der Waals surface area (Å²) in [6.07, 6.45) is -0.571. The first-order chi connectivity index (χ1) is 12.0. The third kappa shape index (κ3) is 29.5. The number of hydrogen-bond donors (Lipinski definition) is 10. The molecule has 26 heavy (non-hydrogen) atoms. The van der Waals surface area contributed by atoms with E-state index in [0.29, 0.717) is 19.4 Å². The second-order valence-corrected chi connectivity index (χ2v) is 4.73. The molecule has 0 aromatic heterocycles. The van der Waals surface area contributed by atoms with Gasteiger partial charge in [-0.15, -0.1) is 0 Å². The number of carboxylic acids is 3. The van der Waals surface area contributed by atoms with Gasteiger partial charge in [-0.25, -0.2) is 0 Å². The summed E-state index contributed by atoms with van der Waals surface area (Å²) < 4.78 is 0. The van der Waals surface area contributed by atoms with Crippen molar-refractivity contribution in [2.75, 3.05) is 19.8 Å². The molecule has 0 spiro atoms. The van der Waals surface area contributed by atoms with Crippen molar-refractivity contribution in [2.45, 2.75) is 37.8 Å². The topological polar surface area (TPSA) is 261 Å². The summed E-state index contributed by atoms with van der Waals surface area (Å²) in [4.78, 5) is 29.5. The monoisotopic (exact) mass is 384 g/mol. The van der Waals surface area contributed by atoms with Crippen LogP contribution in [0, 0.1) is 5.41 Å². The van der Waals surface area contributed by atoms with Gasteiger partial charge in [-0.2, -0.15) is 0 Å². The van der Waals surface area contributed by atoms with Gasteiger partial charge in [-0.05, 0) is 12.8 Å². The van der Waals surface area contributed by atoms with E-state index in [0.717, 1.165) is 0 Å². The largest absolute Gasteiger partial charge is 0.481 e. The zero-order chi connectivity index (χ0) is 21.1. The average molecular weight is 384 g/mol. The van der Waals surface area contributed by atoms with Gasteiger partial charge in [0, 0.05) is 6.54 Å². The number of nitrogens with two attached hydrogens (primary N) is 2. The molecule has 13 heteroatoms. The lowest BCUT2D eigenvalue weighted by molar-refractivity contribution is -0.143. The quantitative estimate of drug-likeness (QED) is 0.102. The highest BCUT2D eigenvalue weighted by molar-refractivity contribution is 5.75. The van der Waals surface area contributed by atoms with Crippen molar-refractivity contribution in [3.63, 3.8) is 0 Å². The smallest absolute Gasteiger partial charge is 0.320 e. The maximum atomic E-state index is 10.2. The lowest BCUT2D eigenvalue weighted by atomic mass is 10.2. The van der Waals surface area contributed by atoms with Gasteiger partial charge in [0.25, 0.3) is 0 Å². The molecule has 154 valence electrons. The van der Waals surface area contributed by atoms with Gasteiger partial charge in [-0.3, -0.25) is 19.8 Å². The van der Waals surface area contributed by atoms with E-state index < -0.39 is 30.1 Å². The summed E-state index contributed by atoms with van der Waals surface area (Å²) in [5, 5.41) is 57.5. The van der Waals surface area contributed by atoms with Crippen LogP contribution in [0.15, 0.2) is 0 Å². The van der Waals surface area contributed by atoms with Crippen LogP contribution < -0.4 is 16.8 Å².